The predicted molar refractivity (Wildman–Crippen MR) is 110 cm³/mol. The largest absolute Gasteiger partial charge is 0.381 e. The van der Waals surface area contributed by atoms with E-state index in [0.29, 0.717) is 10.8 Å². The quantitative estimate of drug-likeness (QED) is 0.825. The molecule has 1 saturated carbocycles. The molecule has 2 aliphatic rings. The highest BCUT2D eigenvalue weighted by Gasteiger charge is 2.28. The van der Waals surface area contributed by atoms with E-state index in [4.69, 9.17) is 9.72 Å². The Bertz CT molecular complexity index is 949. The molecule has 154 valence electrons. The number of rotatable bonds is 5. The molecule has 2 fully saturated rings. The van der Waals surface area contributed by atoms with Crippen molar-refractivity contribution in [3.8, 4) is 0 Å². The summed E-state index contributed by atoms with van der Waals surface area (Å²) < 4.78 is 36.1. The van der Waals surface area contributed by atoms with Gasteiger partial charge in [-0.25, -0.2) is 18.1 Å². The third-order valence-corrected chi connectivity index (χ3v) is 7.43. The first-order valence-corrected chi connectivity index (χ1v) is 11.8. The molecule has 1 aliphatic carbocycles. The van der Waals surface area contributed by atoms with Gasteiger partial charge in [-0.15, -0.1) is 0 Å². The van der Waals surface area contributed by atoms with Crippen molar-refractivity contribution in [1.82, 2.24) is 14.3 Å². The highest BCUT2D eigenvalue weighted by molar-refractivity contribution is 7.89. The molecule has 1 aromatic carbocycles. The number of nitrogens with one attached hydrogen (secondary N) is 1. The molecule has 2 aromatic rings. The molecule has 0 unspecified atom stereocenters. The lowest BCUT2D eigenvalue weighted by Gasteiger charge is -2.26. The summed E-state index contributed by atoms with van der Waals surface area (Å²) in [6.45, 7) is 9.01. The molecule has 7 heteroatoms. The van der Waals surface area contributed by atoms with E-state index in [-0.39, 0.29) is 11.5 Å². The zero-order chi connectivity index (χ0) is 19.9. The molecule has 0 bridgehead atoms. The number of benzene rings is 1. The third-order valence-electron chi connectivity index (χ3n) is 5.91. The van der Waals surface area contributed by atoms with Crippen molar-refractivity contribution in [3.63, 3.8) is 0 Å². The van der Waals surface area contributed by atoms with Crippen LogP contribution in [-0.4, -0.2) is 37.2 Å². The van der Waals surface area contributed by atoms with Gasteiger partial charge in [-0.1, -0.05) is 27.2 Å². The predicted octanol–water partition coefficient (Wildman–Crippen LogP) is 3.59. The Labute approximate surface area is 167 Å². The summed E-state index contributed by atoms with van der Waals surface area (Å²) in [5.74, 6) is 1.58. The molecule has 1 aromatic heterocycles. The van der Waals surface area contributed by atoms with Gasteiger partial charge >= 0.3 is 0 Å². The van der Waals surface area contributed by atoms with Crippen LogP contribution in [0.4, 0.5) is 0 Å². The number of hydrogen-bond donors (Lipinski definition) is 1. The number of ether oxygens (including phenoxy) is 1. The van der Waals surface area contributed by atoms with E-state index < -0.39 is 10.0 Å². The summed E-state index contributed by atoms with van der Waals surface area (Å²) in [5, 5.41) is 0. The first kappa shape index (κ1) is 19.9. The van der Waals surface area contributed by atoms with E-state index in [0.717, 1.165) is 68.7 Å². The smallest absolute Gasteiger partial charge is 0.240 e. The van der Waals surface area contributed by atoms with Crippen LogP contribution in [0.5, 0.6) is 0 Å². The van der Waals surface area contributed by atoms with Crippen LogP contribution in [0.15, 0.2) is 23.1 Å². The van der Waals surface area contributed by atoms with Gasteiger partial charge in [0, 0.05) is 31.2 Å². The zero-order valence-corrected chi connectivity index (χ0v) is 17.9. The maximum Gasteiger partial charge on any atom is 0.240 e. The summed E-state index contributed by atoms with van der Waals surface area (Å²) >= 11 is 0. The lowest BCUT2D eigenvalue weighted by molar-refractivity contribution is 0.0611. The lowest BCUT2D eigenvalue weighted by atomic mass is 9.94. The molecule has 1 N–H and O–H groups in total. The summed E-state index contributed by atoms with van der Waals surface area (Å²) in [6, 6.07) is 5.45. The number of imidazole rings is 1. The van der Waals surface area contributed by atoms with Crippen molar-refractivity contribution in [1.29, 1.82) is 0 Å². The number of fused-ring (bicyclic) bond motifs is 1. The van der Waals surface area contributed by atoms with Gasteiger partial charge in [-0.3, -0.25) is 0 Å². The van der Waals surface area contributed by atoms with Crippen molar-refractivity contribution >= 4 is 21.1 Å². The van der Waals surface area contributed by atoms with Crippen LogP contribution in [0.25, 0.3) is 11.0 Å². The van der Waals surface area contributed by atoms with Gasteiger partial charge < -0.3 is 9.30 Å². The van der Waals surface area contributed by atoms with Gasteiger partial charge in [0.15, 0.2) is 0 Å². The maximum absolute atomic E-state index is 12.7. The van der Waals surface area contributed by atoms with E-state index in [1.54, 1.807) is 12.1 Å². The minimum atomic E-state index is -3.49. The minimum Gasteiger partial charge on any atom is -0.381 e. The SMILES string of the molecule is CC(C)(C)c1nc2cc(S(=O)(=O)NC3CCC3)ccc2n1CC1CCOCC1. The average molecular weight is 406 g/mol. The zero-order valence-electron chi connectivity index (χ0n) is 17.1. The van der Waals surface area contributed by atoms with E-state index in [2.05, 4.69) is 30.1 Å². The fourth-order valence-electron chi connectivity index (χ4n) is 4.03. The van der Waals surface area contributed by atoms with Gasteiger partial charge in [0.05, 0.1) is 15.9 Å². The Hall–Kier alpha value is -1.44. The molecular formula is C21H31N3O3S. The molecule has 6 nitrogen and oxygen atoms in total. The second kappa shape index (κ2) is 7.43. The van der Waals surface area contributed by atoms with Crippen LogP contribution in [0.3, 0.4) is 0 Å². The second-order valence-electron chi connectivity index (χ2n) is 9.25. The van der Waals surface area contributed by atoms with Crippen LogP contribution in [0.2, 0.25) is 0 Å². The Morgan fingerprint density at radius 2 is 1.89 bits per heavy atom. The van der Waals surface area contributed by atoms with Crippen molar-refractivity contribution in [2.45, 2.75) is 75.8 Å². The van der Waals surface area contributed by atoms with Gasteiger partial charge in [-0.2, -0.15) is 0 Å². The normalized spacial score (nSPS) is 19.8. The molecule has 0 atom stereocenters. The van der Waals surface area contributed by atoms with Crippen molar-refractivity contribution in [2.24, 2.45) is 5.92 Å². The van der Waals surface area contributed by atoms with E-state index >= 15 is 0 Å². The standard InChI is InChI=1S/C21H31N3O3S/c1-21(2,3)20-22-18-13-17(28(25,26)23-16-5-4-6-16)7-8-19(18)24(20)14-15-9-11-27-12-10-15/h7-8,13,15-16,23H,4-6,9-12,14H2,1-3H3. The summed E-state index contributed by atoms with van der Waals surface area (Å²) in [7, 11) is -3.49. The van der Waals surface area contributed by atoms with E-state index in [1.165, 1.54) is 0 Å². The van der Waals surface area contributed by atoms with E-state index in [9.17, 15) is 8.42 Å². The van der Waals surface area contributed by atoms with Gasteiger partial charge in [0.1, 0.15) is 5.82 Å². The van der Waals surface area contributed by atoms with Gasteiger partial charge in [-0.05, 0) is 49.8 Å². The van der Waals surface area contributed by atoms with Crippen LogP contribution in [0, 0.1) is 5.92 Å². The monoisotopic (exact) mass is 405 g/mol. The number of nitrogens with zero attached hydrogens (tertiary/aromatic N) is 2. The summed E-state index contributed by atoms with van der Waals surface area (Å²) in [5.41, 5.74) is 1.65. The Kier molecular flexibility index (Phi) is 5.27. The highest BCUT2D eigenvalue weighted by atomic mass is 32.2. The average Bonchev–Trinajstić information content (AvgIpc) is 2.97. The summed E-state index contributed by atoms with van der Waals surface area (Å²) in [4.78, 5) is 5.18. The highest BCUT2D eigenvalue weighted by Crippen LogP contribution is 2.30. The van der Waals surface area contributed by atoms with Crippen molar-refractivity contribution in [2.75, 3.05) is 13.2 Å². The molecular weight excluding hydrogens is 374 g/mol. The lowest BCUT2D eigenvalue weighted by Crippen LogP contribution is -2.39. The molecule has 1 saturated heterocycles. The van der Waals surface area contributed by atoms with Gasteiger partial charge in [0.25, 0.3) is 0 Å². The molecule has 2 heterocycles. The number of hydrogen-bond acceptors (Lipinski definition) is 4. The number of sulfonamides is 1. The van der Waals surface area contributed by atoms with Crippen molar-refractivity contribution < 1.29 is 13.2 Å². The molecule has 28 heavy (non-hydrogen) atoms. The number of aromatic nitrogens is 2. The Balaban J connectivity index is 1.71. The van der Waals surface area contributed by atoms with Crippen LogP contribution >= 0.6 is 0 Å². The maximum atomic E-state index is 12.7. The Morgan fingerprint density at radius 1 is 1.18 bits per heavy atom. The van der Waals surface area contributed by atoms with Crippen molar-refractivity contribution in [3.05, 3.63) is 24.0 Å². The fourth-order valence-corrected chi connectivity index (χ4v) is 5.36. The summed E-state index contributed by atoms with van der Waals surface area (Å²) in [6.07, 6.45) is 5.06. The van der Waals surface area contributed by atoms with E-state index in [1.807, 2.05) is 6.07 Å². The molecule has 0 spiro atoms. The van der Waals surface area contributed by atoms with Gasteiger partial charge in [0.2, 0.25) is 10.0 Å². The minimum absolute atomic E-state index is 0.0805. The van der Waals surface area contributed by atoms with Crippen LogP contribution in [0.1, 0.15) is 58.7 Å². The molecule has 0 radical (unpaired) electrons. The molecule has 4 rings (SSSR count). The van der Waals surface area contributed by atoms with Crippen LogP contribution in [-0.2, 0) is 26.7 Å². The Morgan fingerprint density at radius 3 is 2.50 bits per heavy atom. The first-order valence-electron chi connectivity index (χ1n) is 10.3. The molecule has 1 aliphatic heterocycles. The molecule has 0 amide bonds. The topological polar surface area (TPSA) is 73.2 Å². The van der Waals surface area contributed by atoms with Crippen LogP contribution < -0.4 is 4.72 Å². The first-order chi connectivity index (χ1) is 13.2. The second-order valence-corrected chi connectivity index (χ2v) is 11.0. The third kappa shape index (κ3) is 3.98. The fraction of sp³-hybridized carbons (Fsp3) is 0.667.